The predicted octanol–water partition coefficient (Wildman–Crippen LogP) is 1.80. The number of anilines is 1. The number of aromatic nitrogens is 2. The van der Waals surface area contributed by atoms with Crippen molar-refractivity contribution in [2.45, 2.75) is 19.3 Å². The molecule has 0 aromatic carbocycles. The molecule has 0 unspecified atom stereocenters. The summed E-state index contributed by atoms with van der Waals surface area (Å²) < 4.78 is 13.7. The Labute approximate surface area is 134 Å². The van der Waals surface area contributed by atoms with Crippen LogP contribution in [-0.4, -0.2) is 58.5 Å². The van der Waals surface area contributed by atoms with Crippen molar-refractivity contribution < 1.29 is 9.18 Å². The minimum absolute atomic E-state index is 0.284. The quantitative estimate of drug-likeness (QED) is 0.848. The van der Waals surface area contributed by atoms with E-state index in [4.69, 9.17) is 0 Å². The number of hydrogen-bond acceptors (Lipinski definition) is 5. The summed E-state index contributed by atoms with van der Waals surface area (Å²) in [6.45, 7) is 3.27. The molecule has 3 rings (SSSR count). The number of thioether (sulfide) groups is 1. The Morgan fingerprint density at radius 3 is 2.68 bits per heavy atom. The Bertz CT molecular complexity index is 516. The van der Waals surface area contributed by atoms with E-state index in [1.54, 1.807) is 0 Å². The average Bonchev–Trinajstić information content (AvgIpc) is 2.57. The van der Waals surface area contributed by atoms with Crippen molar-refractivity contribution in [3.63, 3.8) is 0 Å². The molecule has 2 aliphatic heterocycles. The molecular weight excluding hydrogens is 303 g/mol. The lowest BCUT2D eigenvalue weighted by atomic mass is 9.93. The molecule has 0 radical (unpaired) electrons. The molecule has 22 heavy (non-hydrogen) atoms. The molecule has 2 fully saturated rings. The van der Waals surface area contributed by atoms with E-state index in [1.807, 2.05) is 21.6 Å². The first kappa shape index (κ1) is 15.5. The zero-order chi connectivity index (χ0) is 15.4. The molecule has 1 aromatic heterocycles. The molecule has 5 nitrogen and oxygen atoms in total. The second kappa shape index (κ2) is 7.26. The van der Waals surface area contributed by atoms with Gasteiger partial charge < -0.3 is 9.80 Å². The minimum Gasteiger partial charge on any atom is -0.354 e. The van der Waals surface area contributed by atoms with Gasteiger partial charge in [-0.05, 0) is 18.8 Å². The Hall–Kier alpha value is -1.37. The van der Waals surface area contributed by atoms with Crippen LogP contribution in [0.25, 0.3) is 0 Å². The summed E-state index contributed by atoms with van der Waals surface area (Å²) in [6, 6.07) is 0. The third-order valence-corrected chi connectivity index (χ3v) is 5.33. The van der Waals surface area contributed by atoms with E-state index in [-0.39, 0.29) is 11.7 Å². The van der Waals surface area contributed by atoms with E-state index in [9.17, 15) is 9.18 Å². The lowest BCUT2D eigenvalue weighted by Crippen LogP contribution is -2.41. The Kier molecular flexibility index (Phi) is 5.12. The molecular formula is C15H21FN4OS. The number of amides is 1. The highest BCUT2D eigenvalue weighted by atomic mass is 32.2. The highest BCUT2D eigenvalue weighted by molar-refractivity contribution is 7.99. The summed E-state index contributed by atoms with van der Waals surface area (Å²) in [5.41, 5.74) is 0. The number of carbonyl (C=O) groups excluding carboxylic acids is 1. The second-order valence-electron chi connectivity index (χ2n) is 5.82. The van der Waals surface area contributed by atoms with E-state index in [0.717, 1.165) is 50.5 Å². The molecule has 0 bridgehead atoms. The molecule has 2 saturated heterocycles. The van der Waals surface area contributed by atoms with Crippen LogP contribution in [0.15, 0.2) is 12.5 Å². The summed E-state index contributed by atoms with van der Waals surface area (Å²) >= 11 is 1.91. The van der Waals surface area contributed by atoms with Gasteiger partial charge in [0.2, 0.25) is 5.91 Å². The average molecular weight is 324 g/mol. The van der Waals surface area contributed by atoms with Crippen molar-refractivity contribution in [2.75, 3.05) is 42.6 Å². The SMILES string of the molecule is O=C(CC1CCN(c2ncncc2F)CC1)N1CCSCC1. The van der Waals surface area contributed by atoms with Crippen LogP contribution >= 0.6 is 11.8 Å². The van der Waals surface area contributed by atoms with Crippen LogP contribution in [0.5, 0.6) is 0 Å². The van der Waals surface area contributed by atoms with Crippen molar-refractivity contribution in [3.8, 4) is 0 Å². The summed E-state index contributed by atoms with van der Waals surface area (Å²) in [7, 11) is 0. The van der Waals surface area contributed by atoms with E-state index in [0.29, 0.717) is 18.2 Å². The Morgan fingerprint density at radius 1 is 1.27 bits per heavy atom. The zero-order valence-electron chi connectivity index (χ0n) is 12.6. The summed E-state index contributed by atoms with van der Waals surface area (Å²) in [5, 5.41) is 0. The van der Waals surface area contributed by atoms with Gasteiger partial charge in [0.25, 0.3) is 0 Å². The van der Waals surface area contributed by atoms with Gasteiger partial charge in [0.05, 0.1) is 6.20 Å². The van der Waals surface area contributed by atoms with Gasteiger partial charge in [0.15, 0.2) is 11.6 Å². The van der Waals surface area contributed by atoms with Gasteiger partial charge in [-0.1, -0.05) is 0 Å². The standard InChI is InChI=1S/C15H21FN4OS/c16-13-10-17-11-18-15(13)20-3-1-12(2-4-20)9-14(21)19-5-7-22-8-6-19/h10-12H,1-9H2. The highest BCUT2D eigenvalue weighted by Gasteiger charge is 2.26. The molecule has 2 aliphatic rings. The van der Waals surface area contributed by atoms with E-state index in [1.165, 1.54) is 12.5 Å². The first-order valence-electron chi connectivity index (χ1n) is 7.80. The summed E-state index contributed by atoms with van der Waals surface area (Å²) in [4.78, 5) is 23.9. The van der Waals surface area contributed by atoms with Crippen LogP contribution in [0, 0.1) is 11.7 Å². The molecule has 3 heterocycles. The van der Waals surface area contributed by atoms with Gasteiger partial charge in [-0.25, -0.2) is 14.4 Å². The summed E-state index contributed by atoms with van der Waals surface area (Å²) in [5.74, 6) is 2.81. The highest BCUT2D eigenvalue weighted by Crippen LogP contribution is 2.26. The number of rotatable bonds is 3. The smallest absolute Gasteiger partial charge is 0.222 e. The van der Waals surface area contributed by atoms with E-state index >= 15 is 0 Å². The van der Waals surface area contributed by atoms with Gasteiger partial charge in [0, 0.05) is 44.1 Å². The van der Waals surface area contributed by atoms with Crippen LogP contribution in [0.3, 0.4) is 0 Å². The molecule has 0 aliphatic carbocycles. The monoisotopic (exact) mass is 324 g/mol. The molecule has 0 N–H and O–H groups in total. The molecule has 1 aromatic rings. The third kappa shape index (κ3) is 3.69. The largest absolute Gasteiger partial charge is 0.354 e. The first-order chi connectivity index (χ1) is 10.7. The Morgan fingerprint density at radius 2 is 2.00 bits per heavy atom. The molecule has 0 atom stereocenters. The van der Waals surface area contributed by atoms with Crippen LogP contribution in [0.1, 0.15) is 19.3 Å². The number of nitrogens with zero attached hydrogens (tertiary/aromatic N) is 4. The Balaban J connectivity index is 1.49. The topological polar surface area (TPSA) is 49.3 Å². The van der Waals surface area contributed by atoms with Crippen molar-refractivity contribution in [3.05, 3.63) is 18.3 Å². The van der Waals surface area contributed by atoms with Gasteiger partial charge in [0.1, 0.15) is 6.33 Å². The number of halogens is 1. The van der Waals surface area contributed by atoms with Crippen molar-refractivity contribution in [1.29, 1.82) is 0 Å². The minimum atomic E-state index is -0.372. The fourth-order valence-corrected chi connectivity index (χ4v) is 3.98. The second-order valence-corrected chi connectivity index (χ2v) is 7.05. The molecule has 1 amide bonds. The first-order valence-corrected chi connectivity index (χ1v) is 8.95. The fraction of sp³-hybridized carbons (Fsp3) is 0.667. The maximum Gasteiger partial charge on any atom is 0.222 e. The molecule has 0 spiro atoms. The van der Waals surface area contributed by atoms with Crippen LogP contribution in [0.2, 0.25) is 0 Å². The molecule has 120 valence electrons. The lowest BCUT2D eigenvalue weighted by molar-refractivity contribution is -0.132. The van der Waals surface area contributed by atoms with Gasteiger partial charge in [-0.2, -0.15) is 11.8 Å². The maximum atomic E-state index is 13.7. The van der Waals surface area contributed by atoms with E-state index in [2.05, 4.69) is 9.97 Å². The van der Waals surface area contributed by atoms with Crippen LogP contribution < -0.4 is 4.90 Å². The number of piperidine rings is 1. The lowest BCUT2D eigenvalue weighted by Gasteiger charge is -2.34. The summed E-state index contributed by atoms with van der Waals surface area (Å²) in [6.07, 6.45) is 5.04. The van der Waals surface area contributed by atoms with Gasteiger partial charge >= 0.3 is 0 Å². The van der Waals surface area contributed by atoms with E-state index < -0.39 is 0 Å². The molecule has 0 saturated carbocycles. The molecule has 7 heteroatoms. The van der Waals surface area contributed by atoms with Crippen molar-refractivity contribution in [2.24, 2.45) is 5.92 Å². The van der Waals surface area contributed by atoms with Crippen molar-refractivity contribution in [1.82, 2.24) is 14.9 Å². The zero-order valence-corrected chi connectivity index (χ0v) is 13.4. The number of hydrogen-bond donors (Lipinski definition) is 0. The van der Waals surface area contributed by atoms with Gasteiger partial charge in [-0.3, -0.25) is 4.79 Å². The predicted molar refractivity (Wildman–Crippen MR) is 85.4 cm³/mol. The third-order valence-electron chi connectivity index (χ3n) is 4.39. The number of carbonyl (C=O) groups is 1. The van der Waals surface area contributed by atoms with Crippen LogP contribution in [-0.2, 0) is 4.79 Å². The van der Waals surface area contributed by atoms with Crippen molar-refractivity contribution >= 4 is 23.5 Å². The van der Waals surface area contributed by atoms with Gasteiger partial charge in [-0.15, -0.1) is 0 Å². The maximum absolute atomic E-state index is 13.7. The van der Waals surface area contributed by atoms with Crippen LogP contribution in [0.4, 0.5) is 10.2 Å². The fourth-order valence-electron chi connectivity index (χ4n) is 3.08. The normalized spacial score (nSPS) is 20.2.